The number of nitrogens with zero attached hydrogens (tertiary/aromatic N) is 3. The molecule has 3 nitrogen and oxygen atoms in total. The third-order valence-corrected chi connectivity index (χ3v) is 4.52. The molecule has 4 rings (SSSR count). The van der Waals surface area contributed by atoms with E-state index in [0.29, 0.717) is 0 Å². The average Bonchev–Trinajstić information content (AvgIpc) is 3.02. The molecule has 0 saturated carbocycles. The van der Waals surface area contributed by atoms with E-state index in [1.807, 2.05) is 18.5 Å². The van der Waals surface area contributed by atoms with E-state index in [9.17, 15) is 0 Å². The van der Waals surface area contributed by atoms with Crippen LogP contribution in [-0.2, 0) is 0 Å². The minimum absolute atomic E-state index is 0.250. The summed E-state index contributed by atoms with van der Waals surface area (Å²) in [5.41, 5.74) is 4.96. The zero-order valence-electron chi connectivity index (χ0n) is 13.2. The maximum atomic E-state index is 4.65. The van der Waals surface area contributed by atoms with Gasteiger partial charge in [0.25, 0.3) is 0 Å². The molecule has 0 radical (unpaired) electrons. The first-order valence-electron chi connectivity index (χ1n) is 8.03. The van der Waals surface area contributed by atoms with Crippen LogP contribution in [0.3, 0.4) is 0 Å². The molecule has 3 aromatic rings. The summed E-state index contributed by atoms with van der Waals surface area (Å²) in [7, 11) is 0. The Hall–Kier alpha value is -2.68. The number of hydrogen-bond acceptors (Lipinski definition) is 2. The van der Waals surface area contributed by atoms with Crippen LogP contribution < -0.4 is 0 Å². The minimum Gasteiger partial charge on any atom is -0.325 e. The van der Waals surface area contributed by atoms with Gasteiger partial charge in [-0.05, 0) is 30.2 Å². The normalized spacial score (nSPS) is 15.6. The zero-order valence-corrected chi connectivity index (χ0v) is 13.2. The van der Waals surface area contributed by atoms with Gasteiger partial charge in [-0.1, -0.05) is 36.4 Å². The van der Waals surface area contributed by atoms with E-state index in [1.54, 1.807) is 0 Å². The third kappa shape index (κ3) is 2.48. The standard InChI is InChI=1S/C20H19N3/c1-15(16-6-3-2-4-7-16)23-14-19(17-9-12-21-13-10-17)18-8-5-11-22-20(18)23/h2-9,11,13-15H,10,12H2,1H3/t15-/m1/s1. The molecular formula is C20H19N3. The first-order valence-corrected chi connectivity index (χ1v) is 8.03. The molecule has 2 aromatic heterocycles. The number of rotatable bonds is 3. The number of aliphatic imine (C=N–C) groups is 1. The molecule has 1 atom stereocenters. The van der Waals surface area contributed by atoms with Crippen molar-refractivity contribution in [3.8, 4) is 0 Å². The first-order chi connectivity index (χ1) is 11.3. The number of hydrogen-bond donors (Lipinski definition) is 0. The molecule has 23 heavy (non-hydrogen) atoms. The van der Waals surface area contributed by atoms with Crippen molar-refractivity contribution in [1.82, 2.24) is 9.55 Å². The summed E-state index contributed by atoms with van der Waals surface area (Å²) in [4.78, 5) is 8.94. The maximum Gasteiger partial charge on any atom is 0.141 e. The van der Waals surface area contributed by atoms with Crippen molar-refractivity contribution >= 4 is 22.8 Å². The van der Waals surface area contributed by atoms with Gasteiger partial charge in [-0.15, -0.1) is 0 Å². The van der Waals surface area contributed by atoms with Gasteiger partial charge in [0.1, 0.15) is 5.65 Å². The molecule has 3 heteroatoms. The van der Waals surface area contributed by atoms with Crippen molar-refractivity contribution < 1.29 is 0 Å². The molecule has 0 spiro atoms. The van der Waals surface area contributed by atoms with Crippen LogP contribution in [0, 0.1) is 0 Å². The summed E-state index contributed by atoms with van der Waals surface area (Å²) >= 11 is 0. The number of allylic oxidation sites excluding steroid dienone is 1. The van der Waals surface area contributed by atoms with Crippen molar-refractivity contribution in [1.29, 1.82) is 0 Å². The highest BCUT2D eigenvalue weighted by Crippen LogP contribution is 2.32. The molecule has 0 bridgehead atoms. The molecule has 3 heterocycles. The molecule has 1 aromatic carbocycles. The summed E-state index contributed by atoms with van der Waals surface area (Å²) in [6.45, 7) is 3.00. The Morgan fingerprint density at radius 1 is 1.09 bits per heavy atom. The number of pyridine rings is 1. The van der Waals surface area contributed by atoms with Gasteiger partial charge < -0.3 is 4.57 Å². The van der Waals surface area contributed by atoms with Gasteiger partial charge >= 0.3 is 0 Å². The topological polar surface area (TPSA) is 30.2 Å². The van der Waals surface area contributed by atoms with Crippen molar-refractivity contribution in [2.75, 3.05) is 6.54 Å². The molecule has 114 valence electrons. The van der Waals surface area contributed by atoms with E-state index in [4.69, 9.17) is 0 Å². The summed E-state index contributed by atoms with van der Waals surface area (Å²) in [5.74, 6) is 0. The van der Waals surface area contributed by atoms with E-state index >= 15 is 0 Å². The Morgan fingerprint density at radius 3 is 2.74 bits per heavy atom. The Morgan fingerprint density at radius 2 is 1.96 bits per heavy atom. The van der Waals surface area contributed by atoms with Crippen LogP contribution in [0.2, 0.25) is 0 Å². The lowest BCUT2D eigenvalue weighted by molar-refractivity contribution is 0.658. The molecule has 0 fully saturated rings. The Balaban J connectivity index is 1.86. The fraction of sp³-hybridized carbons (Fsp3) is 0.200. The lowest BCUT2D eigenvalue weighted by Crippen LogP contribution is -2.05. The number of benzene rings is 1. The van der Waals surface area contributed by atoms with Gasteiger partial charge in [0.15, 0.2) is 0 Å². The van der Waals surface area contributed by atoms with Gasteiger partial charge in [0.05, 0.1) is 12.6 Å². The van der Waals surface area contributed by atoms with Crippen LogP contribution in [0.15, 0.2) is 65.9 Å². The van der Waals surface area contributed by atoms with E-state index < -0.39 is 0 Å². The Kier molecular flexibility index (Phi) is 3.54. The van der Waals surface area contributed by atoms with E-state index in [2.05, 4.69) is 70.1 Å². The molecule has 1 aliphatic heterocycles. The first kappa shape index (κ1) is 13.9. The van der Waals surface area contributed by atoms with Crippen molar-refractivity contribution in [2.24, 2.45) is 4.99 Å². The molecule has 0 amide bonds. The van der Waals surface area contributed by atoms with Crippen LogP contribution in [0.4, 0.5) is 0 Å². The molecule has 0 unspecified atom stereocenters. The third-order valence-electron chi connectivity index (χ3n) is 4.52. The van der Waals surface area contributed by atoms with Crippen LogP contribution >= 0.6 is 0 Å². The molecule has 0 saturated heterocycles. The second-order valence-electron chi connectivity index (χ2n) is 5.89. The SMILES string of the molecule is C[C@H](c1ccccc1)n1cc(C2=CCN=CC2)c2cccnc21. The highest BCUT2D eigenvalue weighted by molar-refractivity contribution is 5.95. The van der Waals surface area contributed by atoms with Crippen molar-refractivity contribution in [2.45, 2.75) is 19.4 Å². The van der Waals surface area contributed by atoms with Crippen LogP contribution in [0.5, 0.6) is 0 Å². The van der Waals surface area contributed by atoms with Gasteiger partial charge in [-0.25, -0.2) is 4.98 Å². The monoisotopic (exact) mass is 301 g/mol. The highest BCUT2D eigenvalue weighted by atomic mass is 15.1. The average molecular weight is 301 g/mol. The lowest BCUT2D eigenvalue weighted by Gasteiger charge is -2.15. The summed E-state index contributed by atoms with van der Waals surface area (Å²) < 4.78 is 2.28. The van der Waals surface area contributed by atoms with E-state index in [0.717, 1.165) is 18.6 Å². The van der Waals surface area contributed by atoms with Gasteiger partial charge in [0, 0.05) is 36.0 Å². The largest absolute Gasteiger partial charge is 0.325 e. The zero-order chi connectivity index (χ0) is 15.6. The fourth-order valence-corrected chi connectivity index (χ4v) is 3.23. The summed E-state index contributed by atoms with van der Waals surface area (Å²) in [6.07, 6.45) is 9.25. The maximum absolute atomic E-state index is 4.65. The van der Waals surface area contributed by atoms with E-state index in [-0.39, 0.29) is 6.04 Å². The molecule has 1 aliphatic rings. The molecule has 0 N–H and O–H groups in total. The summed E-state index contributed by atoms with van der Waals surface area (Å²) in [6, 6.07) is 15.0. The number of aromatic nitrogens is 2. The van der Waals surface area contributed by atoms with Crippen LogP contribution in [0.25, 0.3) is 16.6 Å². The second kappa shape index (κ2) is 5.84. The fourth-order valence-electron chi connectivity index (χ4n) is 3.23. The van der Waals surface area contributed by atoms with Crippen molar-refractivity contribution in [3.63, 3.8) is 0 Å². The quantitative estimate of drug-likeness (QED) is 0.700. The second-order valence-corrected chi connectivity index (χ2v) is 5.89. The molecular weight excluding hydrogens is 282 g/mol. The van der Waals surface area contributed by atoms with Crippen LogP contribution in [0.1, 0.15) is 30.5 Å². The Labute approximate surface area is 136 Å². The van der Waals surface area contributed by atoms with E-state index in [1.165, 1.54) is 22.1 Å². The number of fused-ring (bicyclic) bond motifs is 1. The summed E-state index contributed by atoms with van der Waals surface area (Å²) in [5, 5.41) is 1.22. The van der Waals surface area contributed by atoms with Crippen molar-refractivity contribution in [3.05, 3.63) is 72.1 Å². The van der Waals surface area contributed by atoms with Gasteiger partial charge in [0.2, 0.25) is 0 Å². The minimum atomic E-state index is 0.250. The lowest BCUT2D eigenvalue weighted by atomic mass is 10.0. The predicted molar refractivity (Wildman–Crippen MR) is 95.9 cm³/mol. The van der Waals surface area contributed by atoms with Crippen LogP contribution in [-0.4, -0.2) is 22.3 Å². The Bertz CT molecular complexity index is 888. The highest BCUT2D eigenvalue weighted by Gasteiger charge is 2.17. The predicted octanol–water partition coefficient (Wildman–Crippen LogP) is 4.50. The molecule has 0 aliphatic carbocycles. The number of dihydropyridines is 1. The van der Waals surface area contributed by atoms with Gasteiger partial charge in [-0.2, -0.15) is 0 Å². The smallest absolute Gasteiger partial charge is 0.141 e. The van der Waals surface area contributed by atoms with Gasteiger partial charge in [-0.3, -0.25) is 4.99 Å².